The quantitative estimate of drug-likeness (QED) is 0.858. The van der Waals surface area contributed by atoms with E-state index < -0.39 is 0 Å². The Labute approximate surface area is 116 Å². The topological polar surface area (TPSA) is 34.6 Å². The number of pyridine rings is 1. The fourth-order valence-electron chi connectivity index (χ4n) is 2.26. The molecule has 2 rings (SSSR count). The van der Waals surface area contributed by atoms with E-state index in [1.807, 2.05) is 13.1 Å². The maximum Gasteiger partial charge on any atom is 0.143 e. The van der Waals surface area contributed by atoms with Gasteiger partial charge in [-0.3, -0.25) is 0 Å². The van der Waals surface area contributed by atoms with E-state index in [1.165, 1.54) is 0 Å². The molecule has 1 aromatic rings. The predicted octanol–water partition coefficient (Wildman–Crippen LogP) is 2.39. The van der Waals surface area contributed by atoms with Crippen molar-refractivity contribution in [3.05, 3.63) is 22.3 Å². The van der Waals surface area contributed by atoms with Crippen molar-refractivity contribution in [1.82, 2.24) is 4.98 Å². The van der Waals surface area contributed by atoms with Crippen molar-refractivity contribution in [2.45, 2.75) is 26.1 Å². The van der Waals surface area contributed by atoms with E-state index in [-0.39, 0.29) is 12.2 Å². The lowest BCUT2D eigenvalue weighted by molar-refractivity contribution is -0.0513. The van der Waals surface area contributed by atoms with Gasteiger partial charge >= 0.3 is 0 Å². The summed E-state index contributed by atoms with van der Waals surface area (Å²) in [4.78, 5) is 6.76. The summed E-state index contributed by atoms with van der Waals surface area (Å²) in [5.74, 6) is 0.983. The van der Waals surface area contributed by atoms with Crippen LogP contribution in [0.2, 0.25) is 0 Å². The number of hydrogen-bond donors (Lipinski definition) is 0. The van der Waals surface area contributed by atoms with E-state index >= 15 is 0 Å². The third-order valence-electron chi connectivity index (χ3n) is 2.94. The molecule has 1 saturated heterocycles. The molecule has 100 valence electrons. The van der Waals surface area contributed by atoms with Gasteiger partial charge in [0.25, 0.3) is 0 Å². The Morgan fingerprint density at radius 3 is 3.00 bits per heavy atom. The smallest absolute Gasteiger partial charge is 0.143 e. The molecule has 4 nitrogen and oxygen atoms in total. The fraction of sp³-hybridized carbons (Fsp3) is 0.615. The highest BCUT2D eigenvalue weighted by Crippen LogP contribution is 2.27. The van der Waals surface area contributed by atoms with Gasteiger partial charge in [0.15, 0.2) is 0 Å². The summed E-state index contributed by atoms with van der Waals surface area (Å²) in [5.41, 5.74) is 1.15. The third kappa shape index (κ3) is 3.22. The molecular formula is C13H19BrN2O2. The van der Waals surface area contributed by atoms with Crippen LogP contribution in [0.25, 0.3) is 0 Å². The van der Waals surface area contributed by atoms with Crippen LogP contribution in [-0.4, -0.2) is 44.0 Å². The SMILES string of the molecule is COCC1CN(c2ncc(C)cc2Br)CC(C)O1. The number of morpholine rings is 1. The van der Waals surface area contributed by atoms with Gasteiger partial charge in [-0.2, -0.15) is 0 Å². The van der Waals surface area contributed by atoms with Crippen molar-refractivity contribution < 1.29 is 9.47 Å². The molecule has 0 bridgehead atoms. The lowest BCUT2D eigenvalue weighted by Crippen LogP contribution is -2.48. The van der Waals surface area contributed by atoms with Crippen LogP contribution >= 0.6 is 15.9 Å². The molecule has 1 aliphatic rings. The minimum atomic E-state index is 0.105. The molecule has 0 saturated carbocycles. The predicted molar refractivity (Wildman–Crippen MR) is 75.1 cm³/mol. The van der Waals surface area contributed by atoms with E-state index in [2.05, 4.69) is 38.8 Å². The summed E-state index contributed by atoms with van der Waals surface area (Å²) in [6.07, 6.45) is 2.19. The van der Waals surface area contributed by atoms with Gasteiger partial charge in [-0.05, 0) is 41.4 Å². The Morgan fingerprint density at radius 2 is 2.33 bits per heavy atom. The Hall–Kier alpha value is -0.650. The summed E-state index contributed by atoms with van der Waals surface area (Å²) >= 11 is 3.59. The number of aromatic nitrogens is 1. The Balaban J connectivity index is 2.16. The number of rotatable bonds is 3. The number of hydrogen-bond acceptors (Lipinski definition) is 4. The molecule has 0 radical (unpaired) electrons. The first kappa shape index (κ1) is 13.8. The first-order valence-electron chi connectivity index (χ1n) is 6.11. The van der Waals surface area contributed by atoms with Crippen LogP contribution in [-0.2, 0) is 9.47 Å². The number of nitrogens with zero attached hydrogens (tertiary/aromatic N) is 2. The van der Waals surface area contributed by atoms with Crippen molar-refractivity contribution in [2.24, 2.45) is 0 Å². The van der Waals surface area contributed by atoms with E-state index in [9.17, 15) is 0 Å². The highest BCUT2D eigenvalue weighted by molar-refractivity contribution is 9.10. The van der Waals surface area contributed by atoms with Crippen LogP contribution in [0.3, 0.4) is 0 Å². The van der Waals surface area contributed by atoms with Crippen LogP contribution in [0.15, 0.2) is 16.7 Å². The summed E-state index contributed by atoms with van der Waals surface area (Å²) in [7, 11) is 1.70. The lowest BCUT2D eigenvalue weighted by atomic mass is 10.2. The summed E-state index contributed by atoms with van der Waals surface area (Å²) in [5, 5.41) is 0. The molecular weight excluding hydrogens is 296 g/mol. The number of anilines is 1. The second-order valence-corrected chi connectivity index (χ2v) is 5.60. The molecule has 5 heteroatoms. The zero-order valence-corrected chi connectivity index (χ0v) is 12.6. The average molecular weight is 315 g/mol. The fourth-order valence-corrected chi connectivity index (χ4v) is 2.97. The molecule has 1 aromatic heterocycles. The van der Waals surface area contributed by atoms with Crippen LogP contribution in [0.1, 0.15) is 12.5 Å². The molecule has 18 heavy (non-hydrogen) atoms. The van der Waals surface area contributed by atoms with Crippen LogP contribution < -0.4 is 4.90 Å². The van der Waals surface area contributed by atoms with Crippen LogP contribution in [0.5, 0.6) is 0 Å². The maximum absolute atomic E-state index is 5.83. The summed E-state index contributed by atoms with van der Waals surface area (Å²) in [6, 6.07) is 2.09. The second kappa shape index (κ2) is 5.99. The monoisotopic (exact) mass is 314 g/mol. The summed E-state index contributed by atoms with van der Waals surface area (Å²) < 4.78 is 12.0. The first-order valence-corrected chi connectivity index (χ1v) is 6.91. The molecule has 1 aliphatic heterocycles. The average Bonchev–Trinajstić information content (AvgIpc) is 2.28. The molecule has 2 atom stereocenters. The highest BCUT2D eigenvalue weighted by atomic mass is 79.9. The highest BCUT2D eigenvalue weighted by Gasteiger charge is 2.27. The molecule has 0 N–H and O–H groups in total. The van der Waals surface area contributed by atoms with E-state index in [1.54, 1.807) is 7.11 Å². The minimum absolute atomic E-state index is 0.105. The normalized spacial score (nSPS) is 24.3. The van der Waals surface area contributed by atoms with Crippen LogP contribution in [0, 0.1) is 6.92 Å². The Kier molecular flexibility index (Phi) is 4.59. The van der Waals surface area contributed by atoms with Gasteiger partial charge in [0.05, 0.1) is 23.3 Å². The Bertz CT molecular complexity index is 414. The molecule has 1 fully saturated rings. The van der Waals surface area contributed by atoms with Crippen molar-refractivity contribution in [1.29, 1.82) is 0 Å². The van der Waals surface area contributed by atoms with E-state index in [0.717, 1.165) is 28.9 Å². The van der Waals surface area contributed by atoms with Crippen molar-refractivity contribution >= 4 is 21.7 Å². The lowest BCUT2D eigenvalue weighted by Gasteiger charge is -2.37. The molecule has 0 aliphatic carbocycles. The number of aryl methyl sites for hydroxylation is 1. The first-order chi connectivity index (χ1) is 8.60. The maximum atomic E-state index is 5.83. The molecule has 0 amide bonds. The van der Waals surface area contributed by atoms with Gasteiger partial charge in [0.2, 0.25) is 0 Å². The number of ether oxygens (including phenoxy) is 2. The molecule has 0 spiro atoms. The van der Waals surface area contributed by atoms with E-state index in [4.69, 9.17) is 9.47 Å². The van der Waals surface area contributed by atoms with Crippen molar-refractivity contribution in [2.75, 3.05) is 31.7 Å². The van der Waals surface area contributed by atoms with Crippen molar-refractivity contribution in [3.8, 4) is 0 Å². The molecule has 0 aromatic carbocycles. The van der Waals surface area contributed by atoms with Gasteiger partial charge in [-0.15, -0.1) is 0 Å². The van der Waals surface area contributed by atoms with Gasteiger partial charge in [-0.25, -0.2) is 4.98 Å². The van der Waals surface area contributed by atoms with Gasteiger partial charge in [-0.1, -0.05) is 0 Å². The van der Waals surface area contributed by atoms with Crippen molar-refractivity contribution in [3.63, 3.8) is 0 Å². The molecule has 2 heterocycles. The van der Waals surface area contributed by atoms with Crippen LogP contribution in [0.4, 0.5) is 5.82 Å². The zero-order valence-electron chi connectivity index (χ0n) is 11.0. The third-order valence-corrected chi connectivity index (χ3v) is 3.52. The number of halogens is 1. The second-order valence-electron chi connectivity index (χ2n) is 4.75. The zero-order chi connectivity index (χ0) is 13.1. The Morgan fingerprint density at radius 1 is 1.56 bits per heavy atom. The number of methoxy groups -OCH3 is 1. The largest absolute Gasteiger partial charge is 0.382 e. The summed E-state index contributed by atoms with van der Waals surface area (Å²) in [6.45, 7) is 6.40. The minimum Gasteiger partial charge on any atom is -0.382 e. The standard InChI is InChI=1S/C13H19BrN2O2/c1-9-4-12(14)13(15-5-9)16-6-10(2)18-11(7-16)8-17-3/h4-5,10-11H,6-8H2,1-3H3. The van der Waals surface area contributed by atoms with E-state index in [0.29, 0.717) is 6.61 Å². The van der Waals surface area contributed by atoms with Gasteiger partial charge in [0, 0.05) is 26.4 Å². The van der Waals surface area contributed by atoms with Gasteiger partial charge < -0.3 is 14.4 Å². The molecule has 2 unspecified atom stereocenters. The van der Waals surface area contributed by atoms with Gasteiger partial charge in [0.1, 0.15) is 5.82 Å².